The molecule has 3 aromatic rings. The van der Waals surface area contributed by atoms with Gasteiger partial charge in [-0.15, -0.1) is 0 Å². The summed E-state index contributed by atoms with van der Waals surface area (Å²) in [4.78, 5) is 0. The molecule has 0 aliphatic carbocycles. The van der Waals surface area contributed by atoms with E-state index in [1.807, 2.05) is 48.5 Å². The minimum Gasteiger partial charge on any atom is -0.497 e. The summed E-state index contributed by atoms with van der Waals surface area (Å²) in [6, 6.07) is 26.3. The lowest BCUT2D eigenvalue weighted by atomic mass is 9.91. The first-order valence-corrected chi connectivity index (χ1v) is 10.3. The van der Waals surface area contributed by atoms with Crippen molar-refractivity contribution in [2.45, 2.75) is 32.7 Å². The smallest absolute Gasteiger partial charge is 0.122 e. The van der Waals surface area contributed by atoms with Crippen LogP contribution in [0, 0.1) is 12.8 Å². The summed E-state index contributed by atoms with van der Waals surface area (Å²) in [5.41, 5.74) is 3.50. The molecule has 0 aromatic heterocycles. The third kappa shape index (κ3) is 5.74. The Morgan fingerprint density at radius 3 is 2.10 bits per heavy atom. The zero-order chi connectivity index (χ0) is 21.3. The van der Waals surface area contributed by atoms with Gasteiger partial charge in [-0.1, -0.05) is 79.7 Å². The van der Waals surface area contributed by atoms with E-state index in [4.69, 9.17) is 14.2 Å². The Balaban J connectivity index is 1.79. The molecule has 0 bridgehead atoms. The van der Waals surface area contributed by atoms with Gasteiger partial charge in [0.25, 0.3) is 0 Å². The van der Waals surface area contributed by atoms with Gasteiger partial charge in [0.15, 0.2) is 0 Å². The fourth-order valence-corrected chi connectivity index (χ4v) is 3.42. The zero-order valence-corrected chi connectivity index (χ0v) is 18.0. The van der Waals surface area contributed by atoms with Gasteiger partial charge in [-0.3, -0.25) is 0 Å². The molecule has 0 fully saturated rings. The number of hydrogen-bond acceptors (Lipinski definition) is 3. The van der Waals surface area contributed by atoms with E-state index < -0.39 is 0 Å². The summed E-state index contributed by atoms with van der Waals surface area (Å²) in [6.07, 6.45) is 1.51. The summed E-state index contributed by atoms with van der Waals surface area (Å²) in [5, 5.41) is 0. The Morgan fingerprint density at radius 1 is 0.867 bits per heavy atom. The first-order valence-electron chi connectivity index (χ1n) is 10.3. The summed E-state index contributed by atoms with van der Waals surface area (Å²) >= 11 is 0. The van der Waals surface area contributed by atoms with Gasteiger partial charge < -0.3 is 14.2 Å². The van der Waals surface area contributed by atoms with E-state index in [0.717, 1.165) is 22.6 Å². The highest BCUT2D eigenvalue weighted by molar-refractivity contribution is 5.32. The fraction of sp³-hybridized carbons (Fsp3) is 0.259. The van der Waals surface area contributed by atoms with Crippen molar-refractivity contribution in [3.05, 3.63) is 108 Å². The molecule has 0 aliphatic heterocycles. The fourth-order valence-electron chi connectivity index (χ4n) is 3.42. The molecular formula is C27H30O3. The number of hydrogen-bond donors (Lipinski definition) is 0. The van der Waals surface area contributed by atoms with E-state index in [1.165, 1.54) is 5.56 Å². The summed E-state index contributed by atoms with van der Waals surface area (Å²) in [7, 11) is 1.65. The Labute approximate surface area is 179 Å². The molecule has 0 saturated heterocycles. The first-order chi connectivity index (χ1) is 14.6. The van der Waals surface area contributed by atoms with Crippen molar-refractivity contribution in [2.24, 2.45) is 5.92 Å². The van der Waals surface area contributed by atoms with Gasteiger partial charge in [-0.25, -0.2) is 0 Å². The molecule has 156 valence electrons. The number of ether oxygens (including phenoxy) is 3. The van der Waals surface area contributed by atoms with Crippen molar-refractivity contribution in [1.82, 2.24) is 0 Å². The summed E-state index contributed by atoms with van der Waals surface area (Å²) in [5.74, 6) is 1.63. The molecule has 3 heteroatoms. The van der Waals surface area contributed by atoms with E-state index in [1.54, 1.807) is 7.11 Å². The lowest BCUT2D eigenvalue weighted by Gasteiger charge is -2.30. The van der Waals surface area contributed by atoms with Crippen LogP contribution in [-0.2, 0) is 11.3 Å². The lowest BCUT2D eigenvalue weighted by molar-refractivity contribution is -0.0229. The molecule has 0 N–H and O–H groups in total. The molecule has 0 saturated carbocycles. The molecule has 3 rings (SSSR count). The molecule has 0 heterocycles. The van der Waals surface area contributed by atoms with E-state index in [0.29, 0.717) is 6.61 Å². The van der Waals surface area contributed by atoms with Crippen molar-refractivity contribution in [1.29, 1.82) is 0 Å². The van der Waals surface area contributed by atoms with Crippen LogP contribution in [0.5, 0.6) is 11.5 Å². The third-order valence-electron chi connectivity index (χ3n) is 5.24. The molecule has 3 aromatic carbocycles. The number of aryl methyl sites for hydroxylation is 1. The normalized spacial score (nSPS) is 13.8. The Bertz CT molecular complexity index is 901. The predicted molar refractivity (Wildman–Crippen MR) is 122 cm³/mol. The van der Waals surface area contributed by atoms with E-state index in [-0.39, 0.29) is 18.1 Å². The Kier molecular flexibility index (Phi) is 7.69. The van der Waals surface area contributed by atoms with Gasteiger partial charge in [0.05, 0.1) is 19.8 Å². The van der Waals surface area contributed by atoms with Crippen LogP contribution >= 0.6 is 0 Å². The molecule has 0 radical (unpaired) electrons. The van der Waals surface area contributed by atoms with Crippen molar-refractivity contribution in [3.63, 3.8) is 0 Å². The zero-order valence-electron chi connectivity index (χ0n) is 18.0. The monoisotopic (exact) mass is 402 g/mol. The van der Waals surface area contributed by atoms with Gasteiger partial charge in [0.1, 0.15) is 17.6 Å². The van der Waals surface area contributed by atoms with Crippen LogP contribution < -0.4 is 9.47 Å². The van der Waals surface area contributed by atoms with Gasteiger partial charge in [0, 0.05) is 5.92 Å². The van der Waals surface area contributed by atoms with Crippen molar-refractivity contribution < 1.29 is 14.2 Å². The average molecular weight is 403 g/mol. The van der Waals surface area contributed by atoms with Crippen LogP contribution in [0.1, 0.15) is 29.7 Å². The molecule has 3 atom stereocenters. The second kappa shape index (κ2) is 10.7. The maximum atomic E-state index is 6.43. The lowest BCUT2D eigenvalue weighted by Crippen LogP contribution is -2.29. The summed E-state index contributed by atoms with van der Waals surface area (Å²) < 4.78 is 17.9. The van der Waals surface area contributed by atoms with Crippen LogP contribution in [-0.4, -0.2) is 13.2 Å². The van der Waals surface area contributed by atoms with E-state index >= 15 is 0 Å². The summed E-state index contributed by atoms with van der Waals surface area (Å²) in [6.45, 7) is 8.79. The topological polar surface area (TPSA) is 27.7 Å². The maximum Gasteiger partial charge on any atom is 0.122 e. The molecule has 3 nitrogen and oxygen atoms in total. The number of benzene rings is 3. The highest BCUT2D eigenvalue weighted by Gasteiger charge is 2.28. The van der Waals surface area contributed by atoms with Crippen LogP contribution in [0.3, 0.4) is 0 Å². The largest absolute Gasteiger partial charge is 0.497 e. The van der Waals surface area contributed by atoms with Crippen LogP contribution in [0.4, 0.5) is 0 Å². The predicted octanol–water partition coefficient (Wildman–Crippen LogP) is 6.53. The molecule has 0 spiro atoms. The molecule has 0 unspecified atom stereocenters. The van der Waals surface area contributed by atoms with Crippen molar-refractivity contribution >= 4 is 0 Å². The molecule has 0 amide bonds. The van der Waals surface area contributed by atoms with Crippen LogP contribution in [0.2, 0.25) is 0 Å². The standard InChI is InChI=1S/C27H30O3/c1-5-26(30-25-17-15-24(28-4)16-18-25)21(3)27(23-13-11-20(2)12-14-23)29-19-22-9-7-6-8-10-22/h5-18,21,26-27H,1,19H2,2-4H3/t21-,26+,27-/m1/s1. The second-order valence-electron chi connectivity index (χ2n) is 7.48. The Morgan fingerprint density at radius 2 is 1.50 bits per heavy atom. The number of rotatable bonds is 10. The minimum atomic E-state index is -0.208. The van der Waals surface area contributed by atoms with Gasteiger partial charge >= 0.3 is 0 Å². The second-order valence-corrected chi connectivity index (χ2v) is 7.48. The van der Waals surface area contributed by atoms with Crippen molar-refractivity contribution in [2.75, 3.05) is 7.11 Å². The average Bonchev–Trinajstić information content (AvgIpc) is 2.79. The quantitative estimate of drug-likeness (QED) is 0.361. The first kappa shape index (κ1) is 21.7. The minimum absolute atomic E-state index is 0.0519. The third-order valence-corrected chi connectivity index (χ3v) is 5.24. The molecule has 30 heavy (non-hydrogen) atoms. The van der Waals surface area contributed by atoms with Crippen LogP contribution in [0.25, 0.3) is 0 Å². The maximum absolute atomic E-state index is 6.43. The van der Waals surface area contributed by atoms with Gasteiger partial charge in [0.2, 0.25) is 0 Å². The Hall–Kier alpha value is -3.04. The van der Waals surface area contributed by atoms with Crippen LogP contribution in [0.15, 0.2) is 91.5 Å². The molecule has 0 aliphatic rings. The van der Waals surface area contributed by atoms with Gasteiger partial charge in [-0.2, -0.15) is 0 Å². The SMILES string of the molecule is C=C[C@H](Oc1ccc(OC)cc1)[C@@H](C)[C@@H](OCc1ccccc1)c1ccc(C)cc1. The highest BCUT2D eigenvalue weighted by atomic mass is 16.5. The van der Waals surface area contributed by atoms with E-state index in [2.05, 4.69) is 56.8 Å². The number of methoxy groups -OCH3 is 1. The van der Waals surface area contributed by atoms with Gasteiger partial charge in [-0.05, 0) is 42.3 Å². The van der Waals surface area contributed by atoms with E-state index in [9.17, 15) is 0 Å². The highest BCUT2D eigenvalue weighted by Crippen LogP contribution is 2.32. The van der Waals surface area contributed by atoms with Crippen molar-refractivity contribution in [3.8, 4) is 11.5 Å². The molecular weight excluding hydrogens is 372 g/mol.